The standard InChI is InChI=1S/C12H16N2O2/c1-9(15)13-11-6-4-10(5-7-11)8-12(16)14(2)3/h4-7H,8H2,1-3H3,(H,13,15). The van der Waals surface area contributed by atoms with E-state index in [4.69, 9.17) is 0 Å². The van der Waals surface area contributed by atoms with Crippen LogP contribution in [0.4, 0.5) is 5.69 Å². The first kappa shape index (κ1) is 12.2. The van der Waals surface area contributed by atoms with E-state index in [9.17, 15) is 9.59 Å². The molecule has 1 N–H and O–H groups in total. The summed E-state index contributed by atoms with van der Waals surface area (Å²) in [7, 11) is 3.46. The number of anilines is 1. The number of hydrogen-bond acceptors (Lipinski definition) is 2. The first-order valence-corrected chi connectivity index (χ1v) is 5.05. The first-order chi connectivity index (χ1) is 7.49. The highest BCUT2D eigenvalue weighted by atomic mass is 16.2. The van der Waals surface area contributed by atoms with E-state index in [0.29, 0.717) is 6.42 Å². The molecular weight excluding hydrogens is 204 g/mol. The predicted molar refractivity (Wildman–Crippen MR) is 63.1 cm³/mol. The number of benzene rings is 1. The van der Waals surface area contributed by atoms with Crippen LogP contribution in [0.3, 0.4) is 0 Å². The summed E-state index contributed by atoms with van der Waals surface area (Å²) in [6.07, 6.45) is 0.382. The fourth-order valence-electron chi connectivity index (χ4n) is 1.24. The molecule has 1 rings (SSSR count). The molecule has 1 aromatic rings. The van der Waals surface area contributed by atoms with Gasteiger partial charge in [-0.25, -0.2) is 0 Å². The number of amides is 2. The Morgan fingerprint density at radius 1 is 1.19 bits per heavy atom. The quantitative estimate of drug-likeness (QED) is 0.834. The highest BCUT2D eigenvalue weighted by Crippen LogP contribution is 2.10. The third kappa shape index (κ3) is 3.73. The van der Waals surface area contributed by atoms with E-state index >= 15 is 0 Å². The Labute approximate surface area is 95.3 Å². The SMILES string of the molecule is CC(=O)Nc1ccc(CC(=O)N(C)C)cc1. The summed E-state index contributed by atoms with van der Waals surface area (Å²) in [6.45, 7) is 1.46. The molecule has 0 saturated heterocycles. The van der Waals surface area contributed by atoms with Gasteiger partial charge in [-0.1, -0.05) is 12.1 Å². The Balaban J connectivity index is 2.64. The van der Waals surface area contributed by atoms with Crippen molar-refractivity contribution in [2.75, 3.05) is 19.4 Å². The van der Waals surface area contributed by atoms with Crippen LogP contribution in [-0.4, -0.2) is 30.8 Å². The van der Waals surface area contributed by atoms with Crippen molar-refractivity contribution < 1.29 is 9.59 Å². The molecule has 0 spiro atoms. The zero-order valence-corrected chi connectivity index (χ0v) is 9.78. The molecule has 0 atom stereocenters. The van der Waals surface area contributed by atoms with Crippen molar-refractivity contribution in [1.82, 2.24) is 4.90 Å². The summed E-state index contributed by atoms with van der Waals surface area (Å²) >= 11 is 0. The molecule has 0 fully saturated rings. The van der Waals surface area contributed by atoms with Gasteiger partial charge in [-0.15, -0.1) is 0 Å². The molecule has 16 heavy (non-hydrogen) atoms. The maximum absolute atomic E-state index is 11.4. The molecule has 0 heterocycles. The Morgan fingerprint density at radius 2 is 1.75 bits per heavy atom. The third-order valence-electron chi connectivity index (χ3n) is 2.13. The molecule has 0 bridgehead atoms. The summed E-state index contributed by atoms with van der Waals surface area (Å²) in [5, 5.41) is 2.67. The molecule has 4 heteroatoms. The summed E-state index contributed by atoms with van der Waals surface area (Å²) in [6, 6.07) is 7.26. The Hall–Kier alpha value is -1.84. The number of nitrogens with one attached hydrogen (secondary N) is 1. The van der Waals surface area contributed by atoms with Crippen LogP contribution >= 0.6 is 0 Å². The van der Waals surface area contributed by atoms with Gasteiger partial charge < -0.3 is 10.2 Å². The van der Waals surface area contributed by atoms with Gasteiger partial charge in [-0.05, 0) is 17.7 Å². The summed E-state index contributed by atoms with van der Waals surface area (Å²) in [5.41, 5.74) is 1.68. The molecule has 0 saturated carbocycles. The maximum atomic E-state index is 11.4. The summed E-state index contributed by atoms with van der Waals surface area (Å²) < 4.78 is 0. The van der Waals surface area contributed by atoms with Gasteiger partial charge in [0, 0.05) is 26.7 Å². The molecule has 4 nitrogen and oxygen atoms in total. The summed E-state index contributed by atoms with van der Waals surface area (Å²) in [5.74, 6) is -0.0376. The minimum absolute atomic E-state index is 0.0623. The van der Waals surface area contributed by atoms with Gasteiger partial charge in [0.2, 0.25) is 11.8 Å². The van der Waals surface area contributed by atoms with Crippen molar-refractivity contribution in [3.63, 3.8) is 0 Å². The second kappa shape index (κ2) is 5.30. The van der Waals surface area contributed by atoms with Crippen molar-refractivity contribution in [2.45, 2.75) is 13.3 Å². The normalized spacial score (nSPS) is 9.69. The van der Waals surface area contributed by atoms with Gasteiger partial charge in [-0.2, -0.15) is 0 Å². The van der Waals surface area contributed by atoms with Crippen LogP contribution in [0.25, 0.3) is 0 Å². The van der Waals surface area contributed by atoms with Crippen LogP contribution in [0, 0.1) is 0 Å². The van der Waals surface area contributed by atoms with E-state index in [1.165, 1.54) is 6.92 Å². The van der Waals surface area contributed by atoms with Gasteiger partial charge in [0.05, 0.1) is 6.42 Å². The lowest BCUT2D eigenvalue weighted by molar-refractivity contribution is -0.128. The number of nitrogens with zero attached hydrogens (tertiary/aromatic N) is 1. The molecule has 1 aromatic carbocycles. The van der Waals surface area contributed by atoms with Gasteiger partial charge in [0.1, 0.15) is 0 Å². The van der Waals surface area contributed by atoms with Gasteiger partial charge >= 0.3 is 0 Å². The molecule has 2 amide bonds. The zero-order valence-electron chi connectivity index (χ0n) is 9.78. The molecular formula is C12H16N2O2. The first-order valence-electron chi connectivity index (χ1n) is 5.05. The van der Waals surface area contributed by atoms with E-state index in [2.05, 4.69) is 5.32 Å². The molecule has 0 aliphatic heterocycles. The van der Waals surface area contributed by atoms with E-state index < -0.39 is 0 Å². The van der Waals surface area contributed by atoms with Crippen molar-refractivity contribution in [1.29, 1.82) is 0 Å². The van der Waals surface area contributed by atoms with Crippen molar-refractivity contribution in [3.05, 3.63) is 29.8 Å². The van der Waals surface area contributed by atoms with Crippen molar-refractivity contribution in [2.24, 2.45) is 0 Å². The van der Waals surface area contributed by atoms with Crippen molar-refractivity contribution in [3.8, 4) is 0 Å². The highest BCUT2D eigenvalue weighted by Gasteiger charge is 2.05. The van der Waals surface area contributed by atoms with Crippen LogP contribution in [0.15, 0.2) is 24.3 Å². The van der Waals surface area contributed by atoms with Crippen LogP contribution < -0.4 is 5.32 Å². The Bertz CT molecular complexity index is 383. The second-order valence-electron chi connectivity index (χ2n) is 3.84. The van der Waals surface area contributed by atoms with Crippen molar-refractivity contribution >= 4 is 17.5 Å². The Kier molecular flexibility index (Phi) is 4.05. The van der Waals surface area contributed by atoms with Crippen LogP contribution in [0.5, 0.6) is 0 Å². The lowest BCUT2D eigenvalue weighted by atomic mass is 10.1. The fraction of sp³-hybridized carbons (Fsp3) is 0.333. The molecule has 0 unspecified atom stereocenters. The average molecular weight is 220 g/mol. The number of carbonyl (C=O) groups is 2. The molecule has 0 aliphatic carbocycles. The Morgan fingerprint density at radius 3 is 2.19 bits per heavy atom. The fourth-order valence-corrected chi connectivity index (χ4v) is 1.24. The lowest BCUT2D eigenvalue weighted by Crippen LogP contribution is -2.23. The monoisotopic (exact) mass is 220 g/mol. The number of hydrogen-bond donors (Lipinski definition) is 1. The van der Waals surface area contributed by atoms with Crippen LogP contribution in [0.2, 0.25) is 0 Å². The maximum Gasteiger partial charge on any atom is 0.226 e. The van der Waals surface area contributed by atoms with E-state index in [1.54, 1.807) is 31.1 Å². The molecule has 86 valence electrons. The van der Waals surface area contributed by atoms with Gasteiger partial charge in [-0.3, -0.25) is 9.59 Å². The third-order valence-corrected chi connectivity index (χ3v) is 2.13. The second-order valence-corrected chi connectivity index (χ2v) is 3.84. The summed E-state index contributed by atoms with van der Waals surface area (Å²) in [4.78, 5) is 23.8. The van der Waals surface area contributed by atoms with Crippen LogP contribution in [-0.2, 0) is 16.0 Å². The van der Waals surface area contributed by atoms with E-state index in [1.807, 2.05) is 12.1 Å². The van der Waals surface area contributed by atoms with Crippen LogP contribution in [0.1, 0.15) is 12.5 Å². The highest BCUT2D eigenvalue weighted by molar-refractivity contribution is 5.88. The van der Waals surface area contributed by atoms with E-state index in [-0.39, 0.29) is 11.8 Å². The minimum atomic E-state index is -0.0999. The molecule has 0 aromatic heterocycles. The lowest BCUT2D eigenvalue weighted by Gasteiger charge is -2.10. The zero-order chi connectivity index (χ0) is 12.1. The topological polar surface area (TPSA) is 49.4 Å². The largest absolute Gasteiger partial charge is 0.349 e. The molecule has 0 radical (unpaired) electrons. The number of carbonyl (C=O) groups excluding carboxylic acids is 2. The number of rotatable bonds is 3. The van der Waals surface area contributed by atoms with Gasteiger partial charge in [0.25, 0.3) is 0 Å². The average Bonchev–Trinajstić information content (AvgIpc) is 2.20. The smallest absolute Gasteiger partial charge is 0.226 e. The van der Waals surface area contributed by atoms with Gasteiger partial charge in [0.15, 0.2) is 0 Å². The molecule has 0 aliphatic rings. The minimum Gasteiger partial charge on any atom is -0.349 e. The number of likely N-dealkylation sites (N-methyl/N-ethyl adjacent to an activating group) is 1. The van der Waals surface area contributed by atoms with E-state index in [0.717, 1.165) is 11.3 Å². The predicted octanol–water partition coefficient (Wildman–Crippen LogP) is 1.28.